The van der Waals surface area contributed by atoms with Gasteiger partial charge >= 0.3 is 5.97 Å². The van der Waals surface area contributed by atoms with Gasteiger partial charge in [-0.2, -0.15) is 0 Å². The molecule has 2 fully saturated rings. The summed E-state index contributed by atoms with van der Waals surface area (Å²) in [5.41, 5.74) is 1.91. The summed E-state index contributed by atoms with van der Waals surface area (Å²) in [6.45, 7) is 6.21. The lowest BCUT2D eigenvalue weighted by molar-refractivity contribution is -0.169. The van der Waals surface area contributed by atoms with Gasteiger partial charge in [0.25, 0.3) is 0 Å². The first kappa shape index (κ1) is 22.4. The van der Waals surface area contributed by atoms with E-state index in [-0.39, 0.29) is 12.0 Å². The Bertz CT molecular complexity index is 990. The topological polar surface area (TPSA) is 75.8 Å². The lowest BCUT2D eigenvalue weighted by Gasteiger charge is -2.35. The molecule has 0 amide bonds. The van der Waals surface area contributed by atoms with Gasteiger partial charge in [-0.3, -0.25) is 0 Å². The molecular formula is C25H30O7. The van der Waals surface area contributed by atoms with Crippen molar-refractivity contribution >= 4 is 5.97 Å². The van der Waals surface area contributed by atoms with E-state index >= 15 is 0 Å². The van der Waals surface area contributed by atoms with Crippen LogP contribution in [0, 0.1) is 12.8 Å². The fourth-order valence-corrected chi connectivity index (χ4v) is 4.67. The number of carbonyl (C=O) groups excluding carboxylic acids is 1. The van der Waals surface area contributed by atoms with Crippen LogP contribution in [0.5, 0.6) is 17.2 Å². The second-order valence-electron chi connectivity index (χ2n) is 8.47. The number of hydrogen-bond acceptors (Lipinski definition) is 7. The summed E-state index contributed by atoms with van der Waals surface area (Å²) in [7, 11) is 4.57. The molecule has 0 radical (unpaired) electrons. The Morgan fingerprint density at radius 3 is 2.44 bits per heavy atom. The molecule has 2 saturated heterocycles. The van der Waals surface area contributed by atoms with Crippen LogP contribution in [0.3, 0.4) is 0 Å². The Morgan fingerprint density at radius 1 is 1.09 bits per heavy atom. The van der Waals surface area contributed by atoms with E-state index < -0.39 is 23.8 Å². The summed E-state index contributed by atoms with van der Waals surface area (Å²) in [6, 6.07) is 11.8. The number of rotatable bonds is 7. The molecule has 0 aromatic heterocycles. The number of hydrogen-bond donors (Lipinski definition) is 0. The molecule has 7 heteroatoms. The zero-order valence-electron chi connectivity index (χ0n) is 19.3. The van der Waals surface area contributed by atoms with Crippen LogP contribution in [0.15, 0.2) is 36.4 Å². The van der Waals surface area contributed by atoms with E-state index in [1.165, 1.54) is 7.11 Å². The second-order valence-corrected chi connectivity index (χ2v) is 8.47. The molecule has 0 N–H and O–H groups in total. The Balaban J connectivity index is 1.77. The van der Waals surface area contributed by atoms with Crippen LogP contribution in [0.4, 0.5) is 0 Å². The largest absolute Gasteiger partial charge is 0.496 e. The third-order valence-electron chi connectivity index (χ3n) is 6.48. The number of methoxy groups -OCH3 is 3. The molecule has 0 spiro atoms. The predicted octanol–water partition coefficient (Wildman–Crippen LogP) is 4.00. The maximum Gasteiger partial charge on any atom is 0.338 e. The molecule has 7 nitrogen and oxygen atoms in total. The Hall–Kier alpha value is -2.77. The van der Waals surface area contributed by atoms with Gasteiger partial charge in [0.2, 0.25) is 0 Å². The highest BCUT2D eigenvalue weighted by atomic mass is 16.7. The fourth-order valence-electron chi connectivity index (χ4n) is 4.67. The van der Waals surface area contributed by atoms with Gasteiger partial charge in [0, 0.05) is 17.0 Å². The molecule has 0 unspecified atom stereocenters. The summed E-state index contributed by atoms with van der Waals surface area (Å²) in [4.78, 5) is 12.5. The van der Waals surface area contributed by atoms with Crippen molar-refractivity contribution in [3.05, 3.63) is 53.1 Å². The highest BCUT2D eigenvalue weighted by Gasteiger charge is 2.68. The van der Waals surface area contributed by atoms with Crippen LogP contribution in [-0.2, 0) is 25.6 Å². The molecule has 5 atom stereocenters. The van der Waals surface area contributed by atoms with E-state index in [9.17, 15) is 4.79 Å². The van der Waals surface area contributed by atoms with Crippen LogP contribution < -0.4 is 14.2 Å². The quantitative estimate of drug-likeness (QED) is 0.474. The Labute approximate surface area is 188 Å². The van der Waals surface area contributed by atoms with Crippen molar-refractivity contribution in [2.24, 2.45) is 5.92 Å². The molecule has 2 aliphatic rings. The van der Waals surface area contributed by atoms with Gasteiger partial charge in [0.1, 0.15) is 18.0 Å². The fraction of sp³-hybridized carbons (Fsp3) is 0.480. The standard InChI is InChI=1S/C25H30O7/c1-14-18(27-4)12-17(21(20(14)28-5)30-13-16-10-8-7-9-11-16)19-15(2)22-25(3,32-22)23(31-19)24(26)29-6/h7-12,15,19,22-23H,13H2,1-6H3/t15-,19+,22-,23+,25-/m0/s1. The van der Waals surface area contributed by atoms with Crippen molar-refractivity contribution in [3.63, 3.8) is 0 Å². The first-order valence-corrected chi connectivity index (χ1v) is 10.7. The van der Waals surface area contributed by atoms with Gasteiger partial charge in [0.15, 0.2) is 17.6 Å². The monoisotopic (exact) mass is 442 g/mol. The second kappa shape index (κ2) is 8.64. The third-order valence-corrected chi connectivity index (χ3v) is 6.48. The van der Waals surface area contributed by atoms with Crippen LogP contribution in [0.2, 0.25) is 0 Å². The Kier molecular flexibility index (Phi) is 6.05. The first-order valence-electron chi connectivity index (χ1n) is 10.7. The molecule has 172 valence electrons. The molecule has 0 saturated carbocycles. The minimum Gasteiger partial charge on any atom is -0.496 e. The zero-order valence-corrected chi connectivity index (χ0v) is 19.3. The average Bonchev–Trinajstić information content (AvgIpc) is 3.51. The number of carbonyl (C=O) groups is 1. The number of benzene rings is 2. The van der Waals surface area contributed by atoms with E-state index in [1.807, 2.05) is 57.2 Å². The molecule has 0 aliphatic carbocycles. The molecular weight excluding hydrogens is 412 g/mol. The molecule has 0 bridgehead atoms. The molecule has 32 heavy (non-hydrogen) atoms. The zero-order chi connectivity index (χ0) is 23.0. The lowest BCUT2D eigenvalue weighted by atomic mass is 9.82. The van der Waals surface area contributed by atoms with E-state index in [2.05, 4.69) is 0 Å². The van der Waals surface area contributed by atoms with Crippen molar-refractivity contribution in [2.75, 3.05) is 21.3 Å². The van der Waals surface area contributed by atoms with Gasteiger partial charge in [-0.15, -0.1) is 0 Å². The summed E-state index contributed by atoms with van der Waals surface area (Å²) >= 11 is 0. The van der Waals surface area contributed by atoms with E-state index in [0.29, 0.717) is 23.9 Å². The van der Waals surface area contributed by atoms with Crippen molar-refractivity contribution in [3.8, 4) is 17.2 Å². The van der Waals surface area contributed by atoms with Crippen LogP contribution in [0.25, 0.3) is 0 Å². The Morgan fingerprint density at radius 2 is 1.81 bits per heavy atom. The van der Waals surface area contributed by atoms with Gasteiger partial charge < -0.3 is 28.4 Å². The van der Waals surface area contributed by atoms with Gasteiger partial charge in [0.05, 0.1) is 33.5 Å². The maximum atomic E-state index is 12.5. The molecule has 2 aliphatic heterocycles. The summed E-state index contributed by atoms with van der Waals surface area (Å²) in [5.74, 6) is 1.31. The average molecular weight is 443 g/mol. The van der Waals surface area contributed by atoms with Crippen molar-refractivity contribution in [1.82, 2.24) is 0 Å². The summed E-state index contributed by atoms with van der Waals surface area (Å²) in [5, 5.41) is 0. The van der Waals surface area contributed by atoms with E-state index in [1.54, 1.807) is 14.2 Å². The van der Waals surface area contributed by atoms with Crippen LogP contribution in [0.1, 0.15) is 36.6 Å². The number of ether oxygens (including phenoxy) is 6. The highest BCUT2D eigenvalue weighted by Crippen LogP contribution is 2.57. The van der Waals surface area contributed by atoms with E-state index in [4.69, 9.17) is 28.4 Å². The SMILES string of the molecule is COC(=O)[C@H]1O[C@@H](c2cc(OC)c(C)c(OC)c2OCc2ccccc2)[C@H](C)[C@@H]2O[C@]12C. The third kappa shape index (κ3) is 3.69. The van der Waals surface area contributed by atoms with Crippen LogP contribution in [-0.4, -0.2) is 45.1 Å². The van der Waals surface area contributed by atoms with Crippen molar-refractivity contribution < 1.29 is 33.2 Å². The smallest absolute Gasteiger partial charge is 0.338 e. The molecule has 2 heterocycles. The van der Waals surface area contributed by atoms with Gasteiger partial charge in [-0.05, 0) is 25.5 Å². The number of epoxide rings is 1. The van der Waals surface area contributed by atoms with E-state index in [0.717, 1.165) is 16.7 Å². The normalized spacial score (nSPS) is 28.4. The van der Waals surface area contributed by atoms with Crippen molar-refractivity contribution in [1.29, 1.82) is 0 Å². The number of esters is 1. The minimum atomic E-state index is -0.834. The van der Waals surface area contributed by atoms with Crippen LogP contribution >= 0.6 is 0 Å². The molecule has 4 rings (SSSR count). The molecule has 2 aromatic carbocycles. The maximum absolute atomic E-state index is 12.5. The van der Waals surface area contributed by atoms with Gasteiger partial charge in [-0.1, -0.05) is 37.3 Å². The summed E-state index contributed by atoms with van der Waals surface area (Å²) in [6.07, 6.45) is -1.45. The van der Waals surface area contributed by atoms with Gasteiger partial charge in [-0.25, -0.2) is 4.79 Å². The predicted molar refractivity (Wildman–Crippen MR) is 117 cm³/mol. The highest BCUT2D eigenvalue weighted by molar-refractivity contribution is 5.77. The summed E-state index contributed by atoms with van der Waals surface area (Å²) < 4.78 is 34.9. The number of fused-ring (bicyclic) bond motifs is 1. The lowest BCUT2D eigenvalue weighted by Crippen LogP contribution is -2.47. The first-order chi connectivity index (χ1) is 15.3. The minimum absolute atomic E-state index is 0.0305. The molecule has 2 aromatic rings. The van der Waals surface area contributed by atoms with Crippen molar-refractivity contribution in [2.45, 2.75) is 51.3 Å².